The lowest BCUT2D eigenvalue weighted by atomic mass is 9.72. The summed E-state index contributed by atoms with van der Waals surface area (Å²) in [6.45, 7) is 11.1. The maximum absolute atomic E-state index is 13.4. The van der Waals surface area contributed by atoms with Crippen molar-refractivity contribution in [3.05, 3.63) is 53.0 Å². The van der Waals surface area contributed by atoms with E-state index in [1.54, 1.807) is 12.1 Å². The summed E-state index contributed by atoms with van der Waals surface area (Å²) in [5, 5.41) is 21.1. The molecule has 0 saturated heterocycles. The van der Waals surface area contributed by atoms with E-state index in [0.29, 0.717) is 13.0 Å². The molecule has 4 rings (SSSR count). The number of hydrogen-bond acceptors (Lipinski definition) is 6. The Morgan fingerprint density at radius 2 is 1.97 bits per heavy atom. The Morgan fingerprint density at radius 1 is 1.26 bits per heavy atom. The van der Waals surface area contributed by atoms with Crippen molar-refractivity contribution in [2.75, 3.05) is 18.4 Å². The maximum Gasteiger partial charge on any atom is 0.217 e. The molecule has 1 amide bonds. The van der Waals surface area contributed by atoms with Crippen molar-refractivity contribution in [1.82, 2.24) is 15.6 Å². The quantitative estimate of drug-likeness (QED) is 0.359. The van der Waals surface area contributed by atoms with Crippen molar-refractivity contribution in [1.29, 1.82) is 0 Å². The molecule has 4 N–H and O–H groups in total. The summed E-state index contributed by atoms with van der Waals surface area (Å²) < 4.78 is 20.0. The number of aliphatic hydroxyl groups is 1. The van der Waals surface area contributed by atoms with Gasteiger partial charge < -0.3 is 25.8 Å². The van der Waals surface area contributed by atoms with Crippen LogP contribution in [0.3, 0.4) is 0 Å². The first kappa shape index (κ1) is 28.3. The highest BCUT2D eigenvalue weighted by Gasteiger charge is 2.47. The summed E-state index contributed by atoms with van der Waals surface area (Å²) in [5.41, 5.74) is 2.80. The van der Waals surface area contributed by atoms with Gasteiger partial charge in [-0.3, -0.25) is 4.79 Å². The highest BCUT2D eigenvalue weighted by Crippen LogP contribution is 2.51. The number of pyridine rings is 1. The molecule has 1 fully saturated rings. The number of carbonyl (C=O) groups excluding carboxylic acids is 1. The number of rotatable bonds is 10. The molecule has 2 aliphatic rings. The number of carbonyl (C=O) groups is 1. The number of nitrogens with one attached hydrogen (secondary N) is 3. The van der Waals surface area contributed by atoms with Crippen molar-refractivity contribution < 1.29 is 19.0 Å². The van der Waals surface area contributed by atoms with Gasteiger partial charge in [-0.1, -0.05) is 32.9 Å². The second-order valence-electron chi connectivity index (χ2n) is 12.2. The standard InChI is InChI=1S/C30H43FN4O3/c1-6-32-28-27-23(15-22(35-28)16-29(3,4)5)25(17-30(38-27)12-7-13-30)33-18-26(37)24(34-19(2)36)14-20-8-10-21(31)11-9-20/h8-11,15,24-26,33,37H,6-7,12-14,16-18H2,1-5H3,(H,32,35)(H,34,36)/t24-,25-,26-/m0/s1. The van der Waals surface area contributed by atoms with Crippen LogP contribution >= 0.6 is 0 Å². The first-order chi connectivity index (χ1) is 18.0. The molecule has 1 aromatic heterocycles. The lowest BCUT2D eigenvalue weighted by Crippen LogP contribution is -2.52. The van der Waals surface area contributed by atoms with Crippen LogP contribution in [0.1, 0.15) is 83.2 Å². The molecule has 1 spiro atoms. The van der Waals surface area contributed by atoms with Crippen LogP contribution in [0.2, 0.25) is 0 Å². The van der Waals surface area contributed by atoms with Gasteiger partial charge >= 0.3 is 0 Å². The zero-order chi connectivity index (χ0) is 27.5. The third kappa shape index (κ3) is 7.03. The molecule has 208 valence electrons. The molecule has 1 aliphatic carbocycles. The second kappa shape index (κ2) is 11.6. The fourth-order valence-corrected chi connectivity index (χ4v) is 5.52. The number of ether oxygens (including phenoxy) is 1. The average molecular weight is 527 g/mol. The molecular formula is C30H43FN4O3. The first-order valence-electron chi connectivity index (χ1n) is 13.9. The molecule has 1 saturated carbocycles. The highest BCUT2D eigenvalue weighted by molar-refractivity contribution is 5.73. The molecule has 8 heteroatoms. The van der Waals surface area contributed by atoms with Crippen LogP contribution in [0.15, 0.2) is 30.3 Å². The molecule has 7 nitrogen and oxygen atoms in total. The van der Waals surface area contributed by atoms with Gasteiger partial charge in [-0.2, -0.15) is 0 Å². The summed E-state index contributed by atoms with van der Waals surface area (Å²) in [6, 6.07) is 7.79. The summed E-state index contributed by atoms with van der Waals surface area (Å²) in [4.78, 5) is 16.9. The molecule has 2 heterocycles. The number of benzene rings is 1. The molecule has 1 aliphatic heterocycles. The number of hydrogen-bond donors (Lipinski definition) is 4. The van der Waals surface area contributed by atoms with E-state index in [9.17, 15) is 14.3 Å². The minimum Gasteiger partial charge on any atom is -0.483 e. The lowest BCUT2D eigenvalue weighted by molar-refractivity contribution is -0.120. The van der Waals surface area contributed by atoms with E-state index in [0.717, 1.165) is 67.0 Å². The van der Waals surface area contributed by atoms with E-state index < -0.39 is 12.1 Å². The molecular weight excluding hydrogens is 483 g/mol. The van der Waals surface area contributed by atoms with Crippen molar-refractivity contribution in [2.24, 2.45) is 5.41 Å². The third-order valence-electron chi connectivity index (χ3n) is 7.44. The number of aliphatic hydroxyl groups excluding tert-OH is 1. The fourth-order valence-electron chi connectivity index (χ4n) is 5.52. The van der Waals surface area contributed by atoms with Gasteiger partial charge in [0.1, 0.15) is 11.4 Å². The van der Waals surface area contributed by atoms with Gasteiger partial charge in [0.2, 0.25) is 5.91 Å². The van der Waals surface area contributed by atoms with Crippen LogP contribution in [0, 0.1) is 11.2 Å². The summed E-state index contributed by atoms with van der Waals surface area (Å²) in [6.07, 6.45) is 4.36. The Labute approximate surface area is 226 Å². The Morgan fingerprint density at radius 3 is 2.55 bits per heavy atom. The monoisotopic (exact) mass is 526 g/mol. The number of halogens is 1. The lowest BCUT2D eigenvalue weighted by Gasteiger charge is -2.48. The molecule has 0 bridgehead atoms. The number of fused-ring (bicyclic) bond motifs is 1. The Balaban J connectivity index is 1.57. The van der Waals surface area contributed by atoms with E-state index in [1.165, 1.54) is 19.1 Å². The van der Waals surface area contributed by atoms with Crippen LogP contribution in [-0.4, -0.2) is 46.8 Å². The third-order valence-corrected chi connectivity index (χ3v) is 7.44. The number of anilines is 1. The molecule has 0 radical (unpaired) electrons. The highest BCUT2D eigenvalue weighted by atomic mass is 19.1. The Bertz CT molecular complexity index is 1110. The summed E-state index contributed by atoms with van der Waals surface area (Å²) in [5.74, 6) is 1.07. The largest absolute Gasteiger partial charge is 0.483 e. The van der Waals surface area contributed by atoms with E-state index in [2.05, 4.69) is 49.7 Å². The average Bonchev–Trinajstić information content (AvgIpc) is 2.81. The molecule has 2 aromatic rings. The predicted molar refractivity (Wildman–Crippen MR) is 148 cm³/mol. The number of aromatic nitrogens is 1. The van der Waals surface area contributed by atoms with Crippen LogP contribution in [-0.2, 0) is 17.6 Å². The van der Waals surface area contributed by atoms with E-state index in [4.69, 9.17) is 9.72 Å². The van der Waals surface area contributed by atoms with Crippen molar-refractivity contribution >= 4 is 11.7 Å². The van der Waals surface area contributed by atoms with Crippen molar-refractivity contribution in [3.8, 4) is 5.75 Å². The van der Waals surface area contributed by atoms with E-state index >= 15 is 0 Å². The van der Waals surface area contributed by atoms with Gasteiger partial charge in [-0.05, 0) is 68.2 Å². The normalized spacial score (nSPS) is 19.6. The topological polar surface area (TPSA) is 95.5 Å². The second-order valence-corrected chi connectivity index (χ2v) is 12.2. The summed E-state index contributed by atoms with van der Waals surface area (Å²) in [7, 11) is 0. The minimum absolute atomic E-state index is 0.0170. The van der Waals surface area contributed by atoms with Crippen LogP contribution in [0.5, 0.6) is 5.75 Å². The van der Waals surface area contributed by atoms with Crippen LogP contribution < -0.4 is 20.7 Å². The molecule has 3 atom stereocenters. The minimum atomic E-state index is -0.836. The van der Waals surface area contributed by atoms with E-state index in [-0.39, 0.29) is 28.8 Å². The fraction of sp³-hybridized carbons (Fsp3) is 0.600. The van der Waals surface area contributed by atoms with Gasteiger partial charge in [0, 0.05) is 43.7 Å². The smallest absolute Gasteiger partial charge is 0.217 e. The van der Waals surface area contributed by atoms with Gasteiger partial charge in [-0.15, -0.1) is 0 Å². The van der Waals surface area contributed by atoms with Crippen LogP contribution in [0.4, 0.5) is 10.2 Å². The zero-order valence-corrected chi connectivity index (χ0v) is 23.4. The van der Waals surface area contributed by atoms with Crippen LogP contribution in [0.25, 0.3) is 0 Å². The zero-order valence-electron chi connectivity index (χ0n) is 23.4. The van der Waals surface area contributed by atoms with Gasteiger partial charge in [0.15, 0.2) is 11.6 Å². The van der Waals surface area contributed by atoms with Gasteiger partial charge in [0.25, 0.3) is 0 Å². The number of amides is 1. The molecule has 0 unspecified atom stereocenters. The molecule has 38 heavy (non-hydrogen) atoms. The predicted octanol–water partition coefficient (Wildman–Crippen LogP) is 4.69. The van der Waals surface area contributed by atoms with Crippen molar-refractivity contribution in [3.63, 3.8) is 0 Å². The maximum atomic E-state index is 13.4. The molecule has 1 aromatic carbocycles. The van der Waals surface area contributed by atoms with Gasteiger partial charge in [-0.25, -0.2) is 9.37 Å². The SMILES string of the molecule is CCNc1nc(CC(C)(C)C)cc2c1OC1(CCC1)C[C@@H]2NC[C@H](O)[C@H](Cc1ccc(F)cc1)NC(C)=O. The van der Waals surface area contributed by atoms with Gasteiger partial charge in [0.05, 0.1) is 12.1 Å². The van der Waals surface area contributed by atoms with Crippen molar-refractivity contribution in [2.45, 2.75) is 96.9 Å². The Kier molecular flexibility index (Phi) is 8.62. The van der Waals surface area contributed by atoms with E-state index in [1.807, 2.05) is 0 Å². The summed E-state index contributed by atoms with van der Waals surface area (Å²) >= 11 is 0. The number of nitrogens with zero attached hydrogens (tertiary/aromatic N) is 1. The Hall–Kier alpha value is -2.71. The first-order valence-corrected chi connectivity index (χ1v) is 13.9.